The number of hydrogen-bond donors (Lipinski definition) is 0. The van der Waals surface area contributed by atoms with Crippen molar-refractivity contribution in [3.8, 4) is 0 Å². The summed E-state index contributed by atoms with van der Waals surface area (Å²) < 4.78 is 0. The van der Waals surface area contributed by atoms with Crippen molar-refractivity contribution < 1.29 is 9.59 Å². The van der Waals surface area contributed by atoms with Crippen molar-refractivity contribution in [2.45, 2.75) is 61.8 Å². The Morgan fingerprint density at radius 2 is 1.00 bits per heavy atom. The highest BCUT2D eigenvalue weighted by molar-refractivity contribution is 6.15. The molecule has 216 valence electrons. The molecule has 2 nitrogen and oxygen atoms in total. The monoisotopic (exact) mass is 548 g/mol. The van der Waals surface area contributed by atoms with E-state index in [1.807, 2.05) is 183 Å². The summed E-state index contributed by atoms with van der Waals surface area (Å²) in [7, 11) is 0. The molecule has 4 aromatic rings. The van der Waals surface area contributed by atoms with Crippen LogP contribution in [0.15, 0.2) is 127 Å². The molecule has 0 heterocycles. The Morgan fingerprint density at radius 1 is 0.561 bits per heavy atom. The van der Waals surface area contributed by atoms with Gasteiger partial charge in [0.05, 0.1) is 0 Å². The molecule has 4 aromatic carbocycles. The number of rotatable bonds is 4. The normalized spacial score (nSPS) is 11.4. The average Bonchev–Trinajstić information content (AvgIpc) is 3.40. The minimum atomic E-state index is 0.0319. The molecule has 0 N–H and O–H groups in total. The first-order chi connectivity index (χ1) is 20.2. The van der Waals surface area contributed by atoms with Crippen LogP contribution in [0.4, 0.5) is 0 Å². The third-order valence-electron chi connectivity index (χ3n) is 5.36. The largest absolute Gasteiger partial charge is 0.289 e. The highest BCUT2D eigenvalue weighted by Gasteiger charge is 2.23. The molecule has 1 aliphatic rings. The number of ketones is 2. The molecule has 0 fully saturated rings. The topological polar surface area (TPSA) is 34.1 Å². The number of carbonyl (C=O) groups is 2. The van der Waals surface area contributed by atoms with Gasteiger partial charge in [-0.3, -0.25) is 9.59 Å². The Labute approximate surface area is 249 Å². The third-order valence-corrected chi connectivity index (χ3v) is 5.36. The number of allylic oxidation sites excluding steroid dienone is 2. The van der Waals surface area contributed by atoms with Crippen molar-refractivity contribution in [3.63, 3.8) is 0 Å². The van der Waals surface area contributed by atoms with Gasteiger partial charge in [0.1, 0.15) is 0 Å². The van der Waals surface area contributed by atoms with Crippen molar-refractivity contribution in [1.29, 1.82) is 0 Å². The summed E-state index contributed by atoms with van der Waals surface area (Å²) in [6.45, 7) is 16.0. The number of carbonyl (C=O) groups excluding carboxylic acids is 2. The minimum Gasteiger partial charge on any atom is -0.289 e. The zero-order valence-corrected chi connectivity index (χ0v) is 26.2. The standard InChI is InChI=1S/C16H12O.C15H12O.4C2H6/c17-16-14(10-12-6-2-1-3-7-12)11-13-8-4-5-9-15(13)16;16-15(14-9-5-2-6-10-14)12-11-13-7-3-1-4-8-13;4*1-2/h1-10H,11H2;1-12H;4*1-2H3/b14-10+;12-11+;;;;. The van der Waals surface area contributed by atoms with E-state index in [-0.39, 0.29) is 11.6 Å². The van der Waals surface area contributed by atoms with Gasteiger partial charge in [-0.15, -0.1) is 0 Å². The molecular weight excluding hydrogens is 500 g/mol. The fourth-order valence-electron chi connectivity index (χ4n) is 3.66. The molecule has 0 amide bonds. The molecule has 41 heavy (non-hydrogen) atoms. The van der Waals surface area contributed by atoms with Gasteiger partial charge in [-0.25, -0.2) is 0 Å². The number of fused-ring (bicyclic) bond motifs is 1. The van der Waals surface area contributed by atoms with E-state index in [4.69, 9.17) is 0 Å². The van der Waals surface area contributed by atoms with Gasteiger partial charge < -0.3 is 0 Å². The lowest BCUT2D eigenvalue weighted by atomic mass is 10.1. The molecule has 0 bridgehead atoms. The molecule has 0 aliphatic heterocycles. The molecule has 0 saturated carbocycles. The summed E-state index contributed by atoms with van der Waals surface area (Å²) in [5.74, 6) is 0.203. The maximum Gasteiger partial charge on any atom is 0.189 e. The molecule has 0 aromatic heterocycles. The van der Waals surface area contributed by atoms with E-state index in [2.05, 4.69) is 0 Å². The molecular formula is C39H48O2. The lowest BCUT2D eigenvalue weighted by Gasteiger charge is -1.95. The fourth-order valence-corrected chi connectivity index (χ4v) is 3.66. The summed E-state index contributed by atoms with van der Waals surface area (Å²) in [5.41, 5.74) is 5.72. The second kappa shape index (κ2) is 23.6. The summed E-state index contributed by atoms with van der Waals surface area (Å²) in [6.07, 6.45) is 6.17. The van der Waals surface area contributed by atoms with Crippen LogP contribution in [0.1, 0.15) is 92.8 Å². The molecule has 0 unspecified atom stereocenters. The maximum absolute atomic E-state index is 12.1. The van der Waals surface area contributed by atoms with Crippen LogP contribution in [0.25, 0.3) is 12.2 Å². The zero-order chi connectivity index (χ0) is 30.9. The van der Waals surface area contributed by atoms with Crippen LogP contribution >= 0.6 is 0 Å². The van der Waals surface area contributed by atoms with Crippen LogP contribution in [0.2, 0.25) is 0 Å². The molecule has 5 rings (SSSR count). The first-order valence-corrected chi connectivity index (χ1v) is 14.9. The van der Waals surface area contributed by atoms with Crippen LogP contribution < -0.4 is 0 Å². The van der Waals surface area contributed by atoms with E-state index in [1.54, 1.807) is 6.08 Å². The second-order valence-corrected chi connectivity index (χ2v) is 7.72. The van der Waals surface area contributed by atoms with Crippen LogP contribution in [-0.4, -0.2) is 11.6 Å². The molecule has 0 saturated heterocycles. The van der Waals surface area contributed by atoms with E-state index in [1.165, 1.54) is 0 Å². The second-order valence-electron chi connectivity index (χ2n) is 7.72. The molecule has 0 atom stereocenters. The van der Waals surface area contributed by atoms with E-state index < -0.39 is 0 Å². The van der Waals surface area contributed by atoms with Gasteiger partial charge in [-0.05, 0) is 28.8 Å². The van der Waals surface area contributed by atoms with E-state index in [0.29, 0.717) is 0 Å². The minimum absolute atomic E-state index is 0.0319. The first-order valence-electron chi connectivity index (χ1n) is 14.9. The molecule has 0 radical (unpaired) electrons. The Morgan fingerprint density at radius 3 is 1.51 bits per heavy atom. The van der Waals surface area contributed by atoms with Crippen molar-refractivity contribution >= 4 is 23.7 Å². The van der Waals surface area contributed by atoms with Crippen LogP contribution in [-0.2, 0) is 6.42 Å². The first kappa shape index (κ1) is 36.7. The summed E-state index contributed by atoms with van der Waals surface area (Å²) in [4.78, 5) is 23.9. The van der Waals surface area contributed by atoms with Crippen molar-refractivity contribution in [2.75, 3.05) is 0 Å². The fraction of sp³-hybridized carbons (Fsp3) is 0.231. The Kier molecular flexibility index (Phi) is 21.1. The average molecular weight is 549 g/mol. The van der Waals surface area contributed by atoms with Gasteiger partial charge >= 0.3 is 0 Å². The third kappa shape index (κ3) is 13.1. The zero-order valence-electron chi connectivity index (χ0n) is 26.2. The van der Waals surface area contributed by atoms with Crippen LogP contribution in [0.3, 0.4) is 0 Å². The van der Waals surface area contributed by atoms with Crippen molar-refractivity contribution in [2.24, 2.45) is 0 Å². The van der Waals surface area contributed by atoms with Gasteiger partial charge in [0.25, 0.3) is 0 Å². The van der Waals surface area contributed by atoms with Crippen LogP contribution in [0, 0.1) is 0 Å². The highest BCUT2D eigenvalue weighted by Crippen LogP contribution is 2.27. The summed E-state index contributed by atoms with van der Waals surface area (Å²) in [6, 6.07) is 36.9. The number of benzene rings is 4. The van der Waals surface area contributed by atoms with E-state index in [0.717, 1.165) is 39.8 Å². The quantitative estimate of drug-likeness (QED) is 0.188. The summed E-state index contributed by atoms with van der Waals surface area (Å²) in [5, 5.41) is 0. The van der Waals surface area contributed by atoms with Crippen molar-refractivity contribution in [1.82, 2.24) is 0 Å². The number of hydrogen-bond acceptors (Lipinski definition) is 2. The lowest BCUT2D eigenvalue weighted by Crippen LogP contribution is -1.94. The van der Waals surface area contributed by atoms with Gasteiger partial charge in [-0.1, -0.05) is 177 Å². The maximum atomic E-state index is 12.1. The predicted molar refractivity (Wildman–Crippen MR) is 181 cm³/mol. The lowest BCUT2D eigenvalue weighted by molar-refractivity contribution is 0.103. The summed E-state index contributed by atoms with van der Waals surface area (Å²) >= 11 is 0. The molecule has 1 aliphatic carbocycles. The highest BCUT2D eigenvalue weighted by atomic mass is 16.1. The van der Waals surface area contributed by atoms with Gasteiger partial charge in [0.2, 0.25) is 0 Å². The van der Waals surface area contributed by atoms with Gasteiger partial charge in [0.15, 0.2) is 11.6 Å². The smallest absolute Gasteiger partial charge is 0.189 e. The van der Waals surface area contributed by atoms with Gasteiger partial charge in [-0.2, -0.15) is 0 Å². The van der Waals surface area contributed by atoms with E-state index in [9.17, 15) is 9.59 Å². The van der Waals surface area contributed by atoms with Gasteiger partial charge in [0, 0.05) is 23.1 Å². The SMILES string of the molecule is CC.CC.CC.CC.O=C(/C=C/c1ccccc1)c1ccccc1.O=C1/C(=C/c2ccccc2)Cc2ccccc21. The van der Waals surface area contributed by atoms with Crippen LogP contribution in [0.5, 0.6) is 0 Å². The Balaban J connectivity index is 0.000000630. The van der Waals surface area contributed by atoms with E-state index >= 15 is 0 Å². The van der Waals surface area contributed by atoms with Crippen molar-refractivity contribution in [3.05, 3.63) is 155 Å². The number of Topliss-reactive ketones (excluding diaryl/α,β-unsaturated/α-hetero) is 1. The predicted octanol–water partition coefficient (Wildman–Crippen LogP) is 11.2. The Bertz CT molecular complexity index is 1290. The molecule has 2 heteroatoms. The molecule has 0 spiro atoms. The Hall–Kier alpha value is -4.30.